The Morgan fingerprint density at radius 1 is 1.18 bits per heavy atom. The summed E-state index contributed by atoms with van der Waals surface area (Å²) in [5, 5.41) is 0. The van der Waals surface area contributed by atoms with Crippen LogP contribution in [0.25, 0.3) is 0 Å². The smallest absolute Gasteiger partial charge is 0.385 e. The third kappa shape index (κ3) is 3.04. The molecule has 0 unspecified atom stereocenters. The second-order valence-electron chi connectivity index (χ2n) is 2.08. The highest BCUT2D eigenvalue weighted by Crippen LogP contribution is 2.07. The maximum atomic E-state index is 10.2. The molecule has 0 amide bonds. The first kappa shape index (κ1) is 8.76. The molecule has 1 rings (SSSR count). The first-order valence-corrected chi connectivity index (χ1v) is 5.63. The highest BCUT2D eigenvalue weighted by molar-refractivity contribution is 5.25. The zero-order valence-corrected chi connectivity index (χ0v) is 8.07. The van der Waals surface area contributed by atoms with Gasteiger partial charge in [0.05, 0.1) is 0 Å². The summed E-state index contributed by atoms with van der Waals surface area (Å²) in [5.41, 5.74) is 1.08. The van der Waals surface area contributed by atoms with Crippen molar-refractivity contribution in [3.05, 3.63) is 29.8 Å². The third-order valence-corrected chi connectivity index (χ3v) is 2.04. The Bertz CT molecular complexity index is 220. The summed E-state index contributed by atoms with van der Waals surface area (Å²) in [6.45, 7) is 1.93. The maximum absolute atomic E-state index is 10.2. The molecule has 0 aliphatic heterocycles. The number of aryl methyl sites for hydroxylation is 1. The Balaban J connectivity index is 2.66. The Kier molecular flexibility index (Phi) is 3.10. The molecule has 0 radical (unpaired) electrons. The fraction of sp³-hybridized carbons (Fsp3) is 0.143. The van der Waals surface area contributed by atoms with Crippen LogP contribution in [0.1, 0.15) is 5.56 Å². The number of benzene rings is 1. The fourth-order valence-corrected chi connectivity index (χ4v) is 1.37. The van der Waals surface area contributed by atoms with Gasteiger partial charge in [-0.2, -0.15) is 0 Å². The number of hydrogen-bond donors (Lipinski definition) is 0. The van der Waals surface area contributed by atoms with Gasteiger partial charge in [-0.3, -0.25) is 0 Å². The summed E-state index contributed by atoms with van der Waals surface area (Å²) < 4.78 is 24.8. The normalized spacial score (nSPS) is 10.2. The van der Waals surface area contributed by atoms with Gasteiger partial charge in [0.25, 0.3) is 0 Å². The lowest BCUT2D eigenvalue weighted by atomic mass is 10.2. The SMILES string of the molecule is Cc1ccc(O[I+2]([O-])[O-])cc1. The molecule has 0 saturated heterocycles. The summed E-state index contributed by atoms with van der Waals surface area (Å²) in [6, 6.07) is 6.87. The molecule has 1 aromatic carbocycles. The standard InChI is InChI=1S/C7H7IO3/c1-6-2-4-7(5-3-6)11-8(9)10/h2-5H,1H3. The topological polar surface area (TPSA) is 55.3 Å². The van der Waals surface area contributed by atoms with E-state index in [0.717, 1.165) is 5.56 Å². The van der Waals surface area contributed by atoms with Crippen LogP contribution >= 0.6 is 0 Å². The Morgan fingerprint density at radius 3 is 2.18 bits per heavy atom. The largest absolute Gasteiger partial charge is 0.570 e. The molecule has 1 aromatic rings. The number of hydrogen-bond acceptors (Lipinski definition) is 3. The van der Waals surface area contributed by atoms with Crippen molar-refractivity contribution in [2.45, 2.75) is 6.92 Å². The van der Waals surface area contributed by atoms with E-state index in [1.807, 2.05) is 6.92 Å². The van der Waals surface area contributed by atoms with E-state index in [2.05, 4.69) is 3.07 Å². The van der Waals surface area contributed by atoms with Gasteiger partial charge in [-0.15, -0.1) is 3.07 Å². The molecule has 60 valence electrons. The van der Waals surface area contributed by atoms with Crippen LogP contribution in [0, 0.1) is 6.92 Å². The maximum Gasteiger partial charge on any atom is 0.570 e. The molecule has 0 atom stereocenters. The van der Waals surface area contributed by atoms with Crippen molar-refractivity contribution >= 4 is 0 Å². The lowest BCUT2D eigenvalue weighted by Gasteiger charge is -1.93. The second kappa shape index (κ2) is 3.89. The summed E-state index contributed by atoms with van der Waals surface area (Å²) in [6.07, 6.45) is 0. The molecule has 0 bridgehead atoms. The minimum Gasteiger partial charge on any atom is -0.385 e. The molecule has 0 spiro atoms. The van der Waals surface area contributed by atoms with Crippen molar-refractivity contribution < 1.29 is 31.0 Å². The zero-order chi connectivity index (χ0) is 8.27. The van der Waals surface area contributed by atoms with Gasteiger partial charge in [0.1, 0.15) is 0 Å². The molecular formula is C7H7IO3. The van der Waals surface area contributed by atoms with Gasteiger partial charge in [0, 0.05) is 0 Å². The van der Waals surface area contributed by atoms with E-state index < -0.39 is 21.1 Å². The van der Waals surface area contributed by atoms with Gasteiger partial charge in [0.2, 0.25) is 5.75 Å². The van der Waals surface area contributed by atoms with Gasteiger partial charge >= 0.3 is 21.1 Å². The van der Waals surface area contributed by atoms with E-state index in [9.17, 15) is 6.87 Å². The summed E-state index contributed by atoms with van der Waals surface area (Å²) in [7, 11) is 0. The van der Waals surface area contributed by atoms with Gasteiger partial charge in [0.15, 0.2) is 0 Å². The molecule has 0 aliphatic rings. The average molecular weight is 266 g/mol. The summed E-state index contributed by atoms with van der Waals surface area (Å²) in [5.74, 6) is 0.394. The minimum absolute atomic E-state index is 0.394. The molecule has 11 heavy (non-hydrogen) atoms. The molecule has 0 aliphatic carbocycles. The van der Waals surface area contributed by atoms with Crippen molar-refractivity contribution in [3.63, 3.8) is 0 Å². The minimum atomic E-state index is -3.56. The molecular weight excluding hydrogens is 259 g/mol. The average Bonchev–Trinajstić information content (AvgIpc) is 1.93. The van der Waals surface area contributed by atoms with Gasteiger partial charge in [-0.1, -0.05) is 17.7 Å². The molecule has 4 heteroatoms. The van der Waals surface area contributed by atoms with Crippen molar-refractivity contribution in [2.75, 3.05) is 0 Å². The van der Waals surface area contributed by atoms with Crippen LogP contribution in [0.2, 0.25) is 0 Å². The lowest BCUT2D eigenvalue weighted by Crippen LogP contribution is -4.00. The van der Waals surface area contributed by atoms with Gasteiger partial charge in [-0.25, -0.2) is 0 Å². The van der Waals surface area contributed by atoms with Crippen molar-refractivity contribution in [1.29, 1.82) is 0 Å². The predicted octanol–water partition coefficient (Wildman–Crippen LogP) is -3.54. The fourth-order valence-electron chi connectivity index (χ4n) is 0.662. The van der Waals surface area contributed by atoms with E-state index in [0.29, 0.717) is 5.75 Å². The first-order chi connectivity index (χ1) is 5.18. The Labute approximate surface area is 73.7 Å². The van der Waals surface area contributed by atoms with Crippen molar-refractivity contribution in [2.24, 2.45) is 0 Å². The molecule has 0 heterocycles. The number of rotatable bonds is 2. The Morgan fingerprint density at radius 2 is 1.73 bits per heavy atom. The molecule has 0 N–H and O–H groups in total. The van der Waals surface area contributed by atoms with Gasteiger partial charge < -0.3 is 6.87 Å². The molecule has 0 fully saturated rings. The van der Waals surface area contributed by atoms with Crippen molar-refractivity contribution in [1.82, 2.24) is 0 Å². The van der Waals surface area contributed by atoms with Crippen molar-refractivity contribution in [3.8, 4) is 5.75 Å². The molecule has 3 nitrogen and oxygen atoms in total. The summed E-state index contributed by atoms with van der Waals surface area (Å²) in [4.78, 5) is 0. The lowest BCUT2D eigenvalue weighted by molar-refractivity contribution is -1.62. The van der Waals surface area contributed by atoms with Crippen LogP contribution in [0.5, 0.6) is 5.75 Å². The van der Waals surface area contributed by atoms with Crippen LogP contribution in [0.4, 0.5) is 0 Å². The van der Waals surface area contributed by atoms with E-state index in [4.69, 9.17) is 0 Å². The molecule has 0 saturated carbocycles. The highest BCUT2D eigenvalue weighted by atomic mass is 127. The monoisotopic (exact) mass is 266 g/mol. The number of halogens is 1. The van der Waals surface area contributed by atoms with E-state index >= 15 is 0 Å². The highest BCUT2D eigenvalue weighted by Gasteiger charge is 2.12. The van der Waals surface area contributed by atoms with Gasteiger partial charge in [-0.05, 0) is 19.1 Å². The molecule has 0 aromatic heterocycles. The zero-order valence-electron chi connectivity index (χ0n) is 5.91. The summed E-state index contributed by atoms with van der Waals surface area (Å²) >= 11 is -3.56. The van der Waals surface area contributed by atoms with Crippen LogP contribution < -0.4 is 31.0 Å². The van der Waals surface area contributed by atoms with E-state index in [1.165, 1.54) is 0 Å². The first-order valence-electron chi connectivity index (χ1n) is 2.99. The third-order valence-electron chi connectivity index (χ3n) is 1.17. The van der Waals surface area contributed by atoms with Crippen LogP contribution in [-0.4, -0.2) is 0 Å². The quantitative estimate of drug-likeness (QED) is 0.521. The van der Waals surface area contributed by atoms with Crippen LogP contribution in [-0.2, 0) is 0 Å². The predicted molar refractivity (Wildman–Crippen MR) is 31.8 cm³/mol. The van der Waals surface area contributed by atoms with Crippen LogP contribution in [0.15, 0.2) is 24.3 Å². The van der Waals surface area contributed by atoms with Crippen LogP contribution in [0.3, 0.4) is 0 Å². The van der Waals surface area contributed by atoms with E-state index in [-0.39, 0.29) is 0 Å². The van der Waals surface area contributed by atoms with E-state index in [1.54, 1.807) is 24.3 Å². The second-order valence-corrected chi connectivity index (χ2v) is 3.60. The Hall–Kier alpha value is -0.330.